The van der Waals surface area contributed by atoms with Crippen LogP contribution in [0.15, 0.2) is 47.1 Å². The van der Waals surface area contributed by atoms with Gasteiger partial charge in [0.1, 0.15) is 6.54 Å². The summed E-state index contributed by atoms with van der Waals surface area (Å²) in [6.45, 7) is 4.73. The second-order valence-corrected chi connectivity index (χ2v) is 5.36. The van der Waals surface area contributed by atoms with Crippen molar-refractivity contribution in [3.63, 3.8) is 0 Å². The van der Waals surface area contributed by atoms with E-state index in [0.717, 1.165) is 22.8 Å². The molecule has 2 N–H and O–H groups in total. The van der Waals surface area contributed by atoms with Crippen LogP contribution in [-0.2, 0) is 17.8 Å². The van der Waals surface area contributed by atoms with Crippen LogP contribution in [0.3, 0.4) is 0 Å². The van der Waals surface area contributed by atoms with Gasteiger partial charge in [0.2, 0.25) is 0 Å². The number of amides is 1. The van der Waals surface area contributed by atoms with E-state index in [1.807, 2.05) is 50.4 Å². The van der Waals surface area contributed by atoms with Crippen molar-refractivity contribution in [2.24, 2.45) is 0 Å². The summed E-state index contributed by atoms with van der Waals surface area (Å²) in [5.74, 6) is 0.905. The number of benzene rings is 1. The monoisotopic (exact) mass is 287 g/mol. The van der Waals surface area contributed by atoms with Crippen molar-refractivity contribution in [1.29, 1.82) is 0 Å². The van der Waals surface area contributed by atoms with Crippen molar-refractivity contribution in [2.45, 2.75) is 32.9 Å². The highest BCUT2D eigenvalue weighted by molar-refractivity contribution is 5.93. The summed E-state index contributed by atoms with van der Waals surface area (Å²) in [7, 11) is 1.99. The van der Waals surface area contributed by atoms with Gasteiger partial charge in [-0.05, 0) is 43.2 Å². The fourth-order valence-electron chi connectivity index (χ4n) is 2.14. The third-order valence-electron chi connectivity index (χ3n) is 3.80. The van der Waals surface area contributed by atoms with Gasteiger partial charge in [0.25, 0.3) is 5.91 Å². The Morgan fingerprint density at radius 2 is 2.00 bits per heavy atom. The Kier molecular flexibility index (Phi) is 5.17. The number of quaternary nitrogens is 1. The maximum Gasteiger partial charge on any atom is 0.282 e. The molecule has 1 unspecified atom stereocenters. The minimum absolute atomic E-state index is 0.0169. The number of nitrogens with one attached hydrogen (secondary N) is 2. The number of hydrogen-bond donors (Lipinski definition) is 2. The molecule has 0 aliphatic heterocycles. The molecule has 2 atom stereocenters. The predicted molar refractivity (Wildman–Crippen MR) is 83.2 cm³/mol. The highest BCUT2D eigenvalue weighted by atomic mass is 16.3. The van der Waals surface area contributed by atoms with Crippen molar-refractivity contribution < 1.29 is 14.1 Å². The van der Waals surface area contributed by atoms with Crippen molar-refractivity contribution >= 4 is 11.6 Å². The summed E-state index contributed by atoms with van der Waals surface area (Å²) in [4.78, 5) is 13.4. The van der Waals surface area contributed by atoms with Gasteiger partial charge in [-0.2, -0.15) is 0 Å². The Bertz CT molecular complexity index is 561. The zero-order chi connectivity index (χ0) is 15.2. The quantitative estimate of drug-likeness (QED) is 0.852. The molecule has 0 bridgehead atoms. The van der Waals surface area contributed by atoms with E-state index in [4.69, 9.17) is 4.42 Å². The van der Waals surface area contributed by atoms with Crippen molar-refractivity contribution in [3.8, 4) is 0 Å². The van der Waals surface area contributed by atoms with Gasteiger partial charge in [0.15, 0.2) is 11.8 Å². The number of rotatable bonds is 6. The lowest BCUT2D eigenvalue weighted by molar-refractivity contribution is -0.908. The summed E-state index contributed by atoms with van der Waals surface area (Å²) in [6.07, 6.45) is 2.66. The fourth-order valence-corrected chi connectivity index (χ4v) is 2.14. The zero-order valence-electron chi connectivity index (χ0n) is 12.8. The lowest BCUT2D eigenvalue weighted by Gasteiger charge is -2.20. The molecular formula is C17H23N2O2+. The van der Waals surface area contributed by atoms with Gasteiger partial charge in [0, 0.05) is 5.69 Å². The Labute approximate surface area is 125 Å². The molecule has 4 nitrogen and oxygen atoms in total. The summed E-state index contributed by atoms with van der Waals surface area (Å²) in [5, 5.41) is 2.96. The third-order valence-corrected chi connectivity index (χ3v) is 3.80. The standard InChI is InChI=1S/C17H22N2O2/c1-4-14-7-9-15(10-8-14)18-17(20)13(2)19(3)12-16-6-5-11-21-16/h5-11,13H,4,12H2,1-3H3,(H,18,20)/p+1/t13-/m0/s1. The molecule has 0 fully saturated rings. The summed E-state index contributed by atoms with van der Waals surface area (Å²) < 4.78 is 5.33. The Balaban J connectivity index is 1.91. The van der Waals surface area contributed by atoms with Crippen LogP contribution >= 0.6 is 0 Å². The molecule has 1 heterocycles. The third kappa shape index (κ3) is 4.20. The van der Waals surface area contributed by atoms with E-state index in [1.165, 1.54) is 5.56 Å². The molecule has 21 heavy (non-hydrogen) atoms. The van der Waals surface area contributed by atoms with Crippen LogP contribution in [0.2, 0.25) is 0 Å². The number of aryl methyl sites for hydroxylation is 1. The molecule has 0 saturated heterocycles. The lowest BCUT2D eigenvalue weighted by Crippen LogP contribution is -3.12. The Morgan fingerprint density at radius 1 is 1.29 bits per heavy atom. The number of furan rings is 1. The first-order valence-corrected chi connectivity index (χ1v) is 7.34. The molecule has 0 radical (unpaired) electrons. The fraction of sp³-hybridized carbons (Fsp3) is 0.353. The first-order chi connectivity index (χ1) is 10.1. The molecule has 1 aromatic carbocycles. The molecular weight excluding hydrogens is 264 g/mol. The highest BCUT2D eigenvalue weighted by Crippen LogP contribution is 2.10. The van der Waals surface area contributed by atoms with E-state index in [9.17, 15) is 4.79 Å². The number of carbonyl (C=O) groups excluding carboxylic acids is 1. The molecule has 0 aliphatic rings. The Hall–Kier alpha value is -2.07. The molecule has 0 aliphatic carbocycles. The predicted octanol–water partition coefficient (Wildman–Crippen LogP) is 1.88. The van der Waals surface area contributed by atoms with E-state index < -0.39 is 0 Å². The minimum atomic E-state index is -0.152. The van der Waals surface area contributed by atoms with E-state index >= 15 is 0 Å². The van der Waals surface area contributed by atoms with Crippen LogP contribution in [0.25, 0.3) is 0 Å². The molecule has 0 spiro atoms. The molecule has 0 saturated carbocycles. The van der Waals surface area contributed by atoms with E-state index in [0.29, 0.717) is 6.54 Å². The maximum absolute atomic E-state index is 12.3. The second kappa shape index (κ2) is 7.09. The number of likely N-dealkylation sites (N-methyl/N-ethyl adjacent to an activating group) is 1. The molecule has 2 aromatic rings. The normalized spacial score (nSPS) is 13.7. The molecule has 1 aromatic heterocycles. The molecule has 2 rings (SSSR count). The smallest absolute Gasteiger partial charge is 0.282 e. The molecule has 1 amide bonds. The first-order valence-electron chi connectivity index (χ1n) is 7.34. The van der Waals surface area contributed by atoms with Gasteiger partial charge in [-0.3, -0.25) is 4.79 Å². The second-order valence-electron chi connectivity index (χ2n) is 5.36. The lowest BCUT2D eigenvalue weighted by atomic mass is 10.1. The van der Waals surface area contributed by atoms with Crippen LogP contribution in [0.1, 0.15) is 25.2 Å². The molecule has 112 valence electrons. The van der Waals surface area contributed by atoms with Crippen LogP contribution in [-0.4, -0.2) is 19.0 Å². The van der Waals surface area contributed by atoms with Crippen molar-refractivity contribution in [1.82, 2.24) is 0 Å². The van der Waals surface area contributed by atoms with Gasteiger partial charge in [-0.1, -0.05) is 19.1 Å². The van der Waals surface area contributed by atoms with Crippen LogP contribution in [0.4, 0.5) is 5.69 Å². The largest absolute Gasteiger partial charge is 0.463 e. The summed E-state index contributed by atoms with van der Waals surface area (Å²) in [6, 6.07) is 11.6. The van der Waals surface area contributed by atoms with Gasteiger partial charge < -0.3 is 14.6 Å². The zero-order valence-corrected chi connectivity index (χ0v) is 12.8. The van der Waals surface area contributed by atoms with Crippen LogP contribution in [0, 0.1) is 0 Å². The van der Waals surface area contributed by atoms with Gasteiger partial charge in [0.05, 0.1) is 13.3 Å². The van der Waals surface area contributed by atoms with Crippen LogP contribution in [0.5, 0.6) is 0 Å². The van der Waals surface area contributed by atoms with E-state index in [-0.39, 0.29) is 11.9 Å². The van der Waals surface area contributed by atoms with Gasteiger partial charge in [-0.25, -0.2) is 0 Å². The Morgan fingerprint density at radius 3 is 2.57 bits per heavy atom. The van der Waals surface area contributed by atoms with Gasteiger partial charge >= 0.3 is 0 Å². The number of anilines is 1. The van der Waals surface area contributed by atoms with Crippen LogP contribution < -0.4 is 10.2 Å². The summed E-state index contributed by atoms with van der Waals surface area (Å²) in [5.41, 5.74) is 2.11. The van der Waals surface area contributed by atoms with Crippen molar-refractivity contribution in [3.05, 3.63) is 54.0 Å². The van der Waals surface area contributed by atoms with Crippen molar-refractivity contribution in [2.75, 3.05) is 12.4 Å². The van der Waals surface area contributed by atoms with E-state index in [2.05, 4.69) is 12.2 Å². The minimum Gasteiger partial charge on any atom is -0.463 e. The highest BCUT2D eigenvalue weighted by Gasteiger charge is 2.22. The number of hydrogen-bond acceptors (Lipinski definition) is 2. The SMILES string of the molecule is CCc1ccc(NC(=O)[C@H](C)[NH+](C)Cc2ccco2)cc1. The van der Waals surface area contributed by atoms with Gasteiger partial charge in [-0.15, -0.1) is 0 Å². The topological polar surface area (TPSA) is 46.7 Å². The summed E-state index contributed by atoms with van der Waals surface area (Å²) >= 11 is 0. The maximum atomic E-state index is 12.3. The average molecular weight is 287 g/mol. The van der Waals surface area contributed by atoms with E-state index in [1.54, 1.807) is 6.26 Å². The average Bonchev–Trinajstić information content (AvgIpc) is 3.00. The number of carbonyl (C=O) groups is 1. The molecule has 4 heteroatoms. The first kappa shape index (κ1) is 15.3.